The summed E-state index contributed by atoms with van der Waals surface area (Å²) >= 11 is 12.4. The van der Waals surface area contributed by atoms with Crippen molar-refractivity contribution in [2.45, 2.75) is 24.8 Å². The van der Waals surface area contributed by atoms with Crippen LogP contribution in [0.1, 0.15) is 24.3 Å². The second-order valence-electron chi connectivity index (χ2n) is 4.53. The average Bonchev–Trinajstić information content (AvgIpc) is 2.41. The number of hydrogen-bond acceptors (Lipinski definition) is 3. The van der Waals surface area contributed by atoms with E-state index in [1.165, 1.54) is 0 Å². The van der Waals surface area contributed by atoms with Crippen molar-refractivity contribution in [2.75, 3.05) is 20.3 Å². The van der Waals surface area contributed by atoms with E-state index in [1.54, 1.807) is 13.2 Å². The fraction of sp³-hybridized carbons (Fsp3) is 0.538. The minimum Gasteiger partial charge on any atom is -0.496 e. The summed E-state index contributed by atoms with van der Waals surface area (Å²) in [7, 11) is 1.63. The van der Waals surface area contributed by atoms with Gasteiger partial charge in [-0.15, -0.1) is 0 Å². The van der Waals surface area contributed by atoms with E-state index in [0.29, 0.717) is 10.0 Å². The van der Waals surface area contributed by atoms with Crippen molar-refractivity contribution in [2.24, 2.45) is 0 Å². The van der Waals surface area contributed by atoms with Crippen molar-refractivity contribution in [3.05, 3.63) is 27.7 Å². The third-order valence-electron chi connectivity index (χ3n) is 3.44. The summed E-state index contributed by atoms with van der Waals surface area (Å²) in [5.74, 6) is 1.04. The number of halogens is 2. The van der Waals surface area contributed by atoms with Crippen LogP contribution in [0.4, 0.5) is 0 Å². The molecule has 1 aromatic rings. The van der Waals surface area contributed by atoms with Crippen LogP contribution in [-0.4, -0.2) is 31.4 Å². The first-order valence-electron chi connectivity index (χ1n) is 6.03. The summed E-state index contributed by atoms with van der Waals surface area (Å²) in [5.41, 5.74) is 0.964. The van der Waals surface area contributed by atoms with Gasteiger partial charge in [-0.05, 0) is 37.4 Å². The lowest BCUT2D eigenvalue weighted by Gasteiger charge is -2.31. The lowest BCUT2D eigenvalue weighted by atomic mass is 9.86. The lowest BCUT2D eigenvalue weighted by Crippen LogP contribution is -2.39. The smallest absolute Gasteiger partial charge is 0.123 e. The Kier molecular flexibility index (Phi) is 4.73. The van der Waals surface area contributed by atoms with E-state index in [9.17, 15) is 5.11 Å². The second-order valence-corrected chi connectivity index (χ2v) is 5.32. The van der Waals surface area contributed by atoms with Crippen LogP contribution < -0.4 is 10.1 Å². The van der Waals surface area contributed by atoms with Gasteiger partial charge in [0, 0.05) is 11.6 Å². The second kappa shape index (κ2) is 6.11. The van der Waals surface area contributed by atoms with Gasteiger partial charge < -0.3 is 15.2 Å². The normalized spacial score (nSPS) is 24.0. The monoisotopic (exact) mass is 289 g/mol. The largest absolute Gasteiger partial charge is 0.496 e. The number of rotatable bonds is 3. The van der Waals surface area contributed by atoms with Crippen molar-refractivity contribution in [1.29, 1.82) is 0 Å². The predicted molar refractivity (Wildman–Crippen MR) is 73.9 cm³/mol. The van der Waals surface area contributed by atoms with Gasteiger partial charge in [0.05, 0.1) is 23.8 Å². The van der Waals surface area contributed by atoms with E-state index in [2.05, 4.69) is 5.32 Å². The van der Waals surface area contributed by atoms with Crippen LogP contribution in [0.3, 0.4) is 0 Å². The maximum atomic E-state index is 9.25. The Hall–Kier alpha value is -0.480. The molecule has 2 rings (SSSR count). The number of aliphatic hydroxyl groups excluding tert-OH is 1. The van der Waals surface area contributed by atoms with Crippen molar-refractivity contribution in [3.8, 4) is 5.75 Å². The maximum absolute atomic E-state index is 9.25. The van der Waals surface area contributed by atoms with Crippen LogP contribution in [0, 0.1) is 0 Å². The number of ether oxygens (including phenoxy) is 1. The number of piperidine rings is 1. The van der Waals surface area contributed by atoms with Gasteiger partial charge in [0.2, 0.25) is 0 Å². The van der Waals surface area contributed by atoms with Gasteiger partial charge in [0.25, 0.3) is 0 Å². The van der Waals surface area contributed by atoms with Crippen LogP contribution in [0.15, 0.2) is 12.1 Å². The first-order valence-corrected chi connectivity index (χ1v) is 6.79. The van der Waals surface area contributed by atoms with Gasteiger partial charge in [-0.3, -0.25) is 0 Å². The highest BCUT2D eigenvalue weighted by Crippen LogP contribution is 2.42. The lowest BCUT2D eigenvalue weighted by molar-refractivity contribution is 0.209. The van der Waals surface area contributed by atoms with E-state index < -0.39 is 0 Å². The molecule has 0 aromatic heterocycles. The standard InChI is InChI=1S/C13H17Cl2NO2/c1-18-11-3-2-10(14)13(15)12(11)8-4-5-16-9(6-8)7-17/h2-3,8-9,16-17H,4-7H2,1H3/t8-,9?/m1/s1. The molecule has 0 saturated carbocycles. The minimum atomic E-state index is 0.114. The van der Waals surface area contributed by atoms with Crippen molar-refractivity contribution >= 4 is 23.2 Å². The molecule has 0 spiro atoms. The van der Waals surface area contributed by atoms with Crippen LogP contribution in [-0.2, 0) is 0 Å². The molecule has 3 nitrogen and oxygen atoms in total. The third-order valence-corrected chi connectivity index (χ3v) is 4.25. The zero-order valence-corrected chi connectivity index (χ0v) is 11.8. The first kappa shape index (κ1) is 13.9. The number of nitrogens with one attached hydrogen (secondary N) is 1. The van der Waals surface area contributed by atoms with E-state index in [4.69, 9.17) is 27.9 Å². The quantitative estimate of drug-likeness (QED) is 0.899. The summed E-state index contributed by atoms with van der Waals surface area (Å²) in [5, 5.41) is 13.6. The molecule has 1 aliphatic heterocycles. The average molecular weight is 290 g/mol. The van der Waals surface area contributed by atoms with E-state index in [-0.39, 0.29) is 18.6 Å². The predicted octanol–water partition coefficient (Wildman–Crippen LogP) is 2.83. The van der Waals surface area contributed by atoms with Crippen molar-refractivity contribution in [1.82, 2.24) is 5.32 Å². The highest BCUT2D eigenvalue weighted by atomic mass is 35.5. The molecule has 1 saturated heterocycles. The molecule has 100 valence electrons. The number of aliphatic hydroxyl groups is 1. The highest BCUT2D eigenvalue weighted by molar-refractivity contribution is 6.42. The molecule has 1 aromatic carbocycles. The zero-order chi connectivity index (χ0) is 13.1. The Morgan fingerprint density at radius 2 is 2.22 bits per heavy atom. The Morgan fingerprint density at radius 3 is 2.89 bits per heavy atom. The molecule has 1 aliphatic rings. The minimum absolute atomic E-state index is 0.114. The molecular formula is C13H17Cl2NO2. The third kappa shape index (κ3) is 2.75. The van der Waals surface area contributed by atoms with Gasteiger partial charge in [0.1, 0.15) is 5.75 Å². The van der Waals surface area contributed by atoms with Crippen molar-refractivity contribution < 1.29 is 9.84 Å². The summed E-state index contributed by atoms with van der Waals surface area (Å²) < 4.78 is 5.38. The van der Waals surface area contributed by atoms with Gasteiger partial charge in [-0.2, -0.15) is 0 Å². The van der Waals surface area contributed by atoms with E-state index in [0.717, 1.165) is 30.7 Å². The van der Waals surface area contributed by atoms with Gasteiger partial charge in [-0.25, -0.2) is 0 Å². The Bertz CT molecular complexity index is 426. The van der Waals surface area contributed by atoms with Crippen LogP contribution in [0.2, 0.25) is 10.0 Å². The van der Waals surface area contributed by atoms with Gasteiger partial charge in [-0.1, -0.05) is 23.2 Å². The van der Waals surface area contributed by atoms with Crippen LogP contribution >= 0.6 is 23.2 Å². The summed E-state index contributed by atoms with van der Waals surface area (Å²) in [6.45, 7) is 0.999. The molecule has 1 fully saturated rings. The molecule has 0 amide bonds. The molecule has 0 radical (unpaired) electrons. The Labute approximate surface area is 117 Å². The molecule has 0 bridgehead atoms. The Morgan fingerprint density at radius 1 is 1.44 bits per heavy atom. The summed E-state index contributed by atoms with van der Waals surface area (Å²) in [4.78, 5) is 0. The van der Waals surface area contributed by atoms with Gasteiger partial charge >= 0.3 is 0 Å². The number of methoxy groups -OCH3 is 1. The van der Waals surface area contributed by atoms with E-state index >= 15 is 0 Å². The molecule has 2 atom stereocenters. The highest BCUT2D eigenvalue weighted by Gasteiger charge is 2.27. The SMILES string of the molecule is COc1ccc(Cl)c(Cl)c1[C@@H]1CCNC(CO)C1. The zero-order valence-electron chi connectivity index (χ0n) is 10.2. The molecule has 0 aliphatic carbocycles. The molecular weight excluding hydrogens is 273 g/mol. The fourth-order valence-electron chi connectivity index (χ4n) is 2.51. The molecule has 1 heterocycles. The van der Waals surface area contributed by atoms with Gasteiger partial charge in [0.15, 0.2) is 0 Å². The van der Waals surface area contributed by atoms with E-state index in [1.807, 2.05) is 6.07 Å². The number of hydrogen-bond donors (Lipinski definition) is 2. The molecule has 2 N–H and O–H groups in total. The first-order chi connectivity index (χ1) is 8.67. The summed E-state index contributed by atoms with van der Waals surface area (Å²) in [6.07, 6.45) is 1.81. The molecule has 1 unspecified atom stereocenters. The fourth-order valence-corrected chi connectivity index (χ4v) is 2.99. The Balaban J connectivity index is 2.34. The molecule has 18 heavy (non-hydrogen) atoms. The topological polar surface area (TPSA) is 41.5 Å². The van der Waals surface area contributed by atoms with Crippen LogP contribution in [0.25, 0.3) is 0 Å². The summed E-state index contributed by atoms with van der Waals surface area (Å²) in [6, 6.07) is 3.71. The number of benzene rings is 1. The van der Waals surface area contributed by atoms with Crippen LogP contribution in [0.5, 0.6) is 5.75 Å². The molecule has 5 heteroatoms. The van der Waals surface area contributed by atoms with Crippen molar-refractivity contribution in [3.63, 3.8) is 0 Å². The maximum Gasteiger partial charge on any atom is 0.123 e.